The van der Waals surface area contributed by atoms with Gasteiger partial charge in [-0.3, -0.25) is 4.79 Å². The normalized spacial score (nSPS) is 14.1. The minimum atomic E-state index is -3.35. The molecule has 1 N–H and O–H groups in total. The number of anilines is 2. The Morgan fingerprint density at radius 1 is 1.24 bits per heavy atom. The molecule has 1 aliphatic rings. The maximum absolute atomic E-state index is 14.1. The summed E-state index contributed by atoms with van der Waals surface area (Å²) in [6, 6.07) is 11.0. The van der Waals surface area contributed by atoms with Crippen LogP contribution in [-0.2, 0) is 21.1 Å². The fraction of sp³-hybridized carbons (Fsp3) is 0.278. The van der Waals surface area contributed by atoms with Crippen molar-refractivity contribution in [3.05, 3.63) is 53.8 Å². The summed E-state index contributed by atoms with van der Waals surface area (Å²) in [5, 5.41) is 2.68. The Morgan fingerprint density at radius 3 is 2.76 bits per heavy atom. The molecule has 3 rings (SSSR count). The number of fused-ring (bicyclic) bond motifs is 1. The van der Waals surface area contributed by atoms with E-state index in [0.717, 1.165) is 24.7 Å². The van der Waals surface area contributed by atoms with E-state index in [-0.39, 0.29) is 23.2 Å². The molecule has 7 heteroatoms. The van der Waals surface area contributed by atoms with Crippen LogP contribution in [0.1, 0.15) is 12.0 Å². The standard InChI is InChI=1S/C18H19FN2O3S/c1-25(23,24)15-8-3-7-14(11-15)20-17(22)12-21-10-4-6-13-5-2-9-16(19)18(13)21/h2-3,5,7-9,11H,4,6,10,12H2,1H3,(H,20,22). The number of sulfone groups is 1. The lowest BCUT2D eigenvalue weighted by Gasteiger charge is -2.31. The third kappa shape index (κ3) is 3.99. The van der Waals surface area contributed by atoms with Gasteiger partial charge in [-0.2, -0.15) is 0 Å². The van der Waals surface area contributed by atoms with Crippen LogP contribution in [0.25, 0.3) is 0 Å². The summed E-state index contributed by atoms with van der Waals surface area (Å²) in [5.74, 6) is -0.647. The van der Waals surface area contributed by atoms with E-state index in [2.05, 4.69) is 5.32 Å². The first-order valence-electron chi connectivity index (χ1n) is 7.97. The molecule has 0 atom stereocenters. The molecule has 0 saturated carbocycles. The molecule has 2 aromatic rings. The number of nitrogens with one attached hydrogen (secondary N) is 1. The Kier molecular flexibility index (Phi) is 4.76. The van der Waals surface area contributed by atoms with Crippen molar-refractivity contribution in [3.63, 3.8) is 0 Å². The van der Waals surface area contributed by atoms with Gasteiger partial charge < -0.3 is 10.2 Å². The zero-order valence-electron chi connectivity index (χ0n) is 13.8. The van der Waals surface area contributed by atoms with Crippen molar-refractivity contribution < 1.29 is 17.6 Å². The van der Waals surface area contributed by atoms with Gasteiger partial charge in [0, 0.05) is 18.5 Å². The Hall–Kier alpha value is -2.41. The van der Waals surface area contributed by atoms with Crippen molar-refractivity contribution in [2.75, 3.05) is 29.6 Å². The SMILES string of the molecule is CS(=O)(=O)c1cccc(NC(=O)CN2CCCc3cccc(F)c32)c1. The van der Waals surface area contributed by atoms with Gasteiger partial charge in [-0.05, 0) is 42.7 Å². The maximum atomic E-state index is 14.1. The molecule has 132 valence electrons. The molecule has 0 spiro atoms. The summed E-state index contributed by atoms with van der Waals surface area (Å²) in [4.78, 5) is 14.2. The highest BCUT2D eigenvalue weighted by molar-refractivity contribution is 7.90. The Morgan fingerprint density at radius 2 is 2.00 bits per heavy atom. The predicted octanol–water partition coefficient (Wildman–Crippen LogP) is 2.62. The number of carbonyl (C=O) groups excluding carboxylic acids is 1. The maximum Gasteiger partial charge on any atom is 0.243 e. The number of hydrogen-bond acceptors (Lipinski definition) is 4. The number of carbonyl (C=O) groups is 1. The topological polar surface area (TPSA) is 66.5 Å². The second kappa shape index (κ2) is 6.84. The fourth-order valence-corrected chi connectivity index (χ4v) is 3.69. The molecular weight excluding hydrogens is 343 g/mol. The van der Waals surface area contributed by atoms with Crippen LogP contribution in [0.4, 0.5) is 15.8 Å². The third-order valence-corrected chi connectivity index (χ3v) is 5.25. The van der Waals surface area contributed by atoms with Crippen LogP contribution in [0.3, 0.4) is 0 Å². The molecule has 0 aliphatic carbocycles. The summed E-state index contributed by atoms with van der Waals surface area (Å²) in [6.45, 7) is 0.613. The molecule has 2 aromatic carbocycles. The van der Waals surface area contributed by atoms with Crippen molar-refractivity contribution >= 4 is 27.1 Å². The zero-order chi connectivity index (χ0) is 18.0. The Bertz CT molecular complexity index is 912. The lowest BCUT2D eigenvalue weighted by atomic mass is 10.0. The average molecular weight is 362 g/mol. The van der Waals surface area contributed by atoms with Gasteiger partial charge in [0.05, 0.1) is 17.1 Å². The van der Waals surface area contributed by atoms with Gasteiger partial charge in [0.1, 0.15) is 5.82 Å². The van der Waals surface area contributed by atoms with Crippen LogP contribution >= 0.6 is 0 Å². The molecule has 25 heavy (non-hydrogen) atoms. The van der Waals surface area contributed by atoms with Crippen molar-refractivity contribution in [1.82, 2.24) is 0 Å². The molecular formula is C18H19FN2O3S. The highest BCUT2D eigenvalue weighted by Gasteiger charge is 2.22. The van der Waals surface area contributed by atoms with Crippen LogP contribution in [0.2, 0.25) is 0 Å². The van der Waals surface area contributed by atoms with E-state index in [4.69, 9.17) is 0 Å². The minimum Gasteiger partial charge on any atom is -0.360 e. The monoisotopic (exact) mass is 362 g/mol. The molecule has 0 bridgehead atoms. The fourth-order valence-electron chi connectivity index (χ4n) is 3.02. The summed E-state index contributed by atoms with van der Waals surface area (Å²) < 4.78 is 37.3. The van der Waals surface area contributed by atoms with Crippen LogP contribution in [0.15, 0.2) is 47.4 Å². The van der Waals surface area contributed by atoms with Crippen LogP contribution in [0, 0.1) is 5.82 Å². The number of amides is 1. The number of aryl methyl sites for hydroxylation is 1. The largest absolute Gasteiger partial charge is 0.360 e. The number of rotatable bonds is 4. The van der Waals surface area contributed by atoms with E-state index < -0.39 is 9.84 Å². The molecule has 0 saturated heterocycles. The zero-order valence-corrected chi connectivity index (χ0v) is 14.6. The molecule has 0 unspecified atom stereocenters. The summed E-state index contributed by atoms with van der Waals surface area (Å²) in [5.41, 5.74) is 1.78. The lowest BCUT2D eigenvalue weighted by molar-refractivity contribution is -0.115. The minimum absolute atomic E-state index is 0.0109. The number of halogens is 1. The molecule has 0 fully saturated rings. The van der Waals surface area contributed by atoms with E-state index in [9.17, 15) is 17.6 Å². The smallest absolute Gasteiger partial charge is 0.243 e. The average Bonchev–Trinajstić information content (AvgIpc) is 2.54. The van der Waals surface area contributed by atoms with E-state index in [1.807, 2.05) is 6.07 Å². The highest BCUT2D eigenvalue weighted by atomic mass is 32.2. The summed E-state index contributed by atoms with van der Waals surface area (Å²) >= 11 is 0. The summed E-state index contributed by atoms with van der Waals surface area (Å²) in [7, 11) is -3.35. The van der Waals surface area contributed by atoms with Crippen molar-refractivity contribution in [2.24, 2.45) is 0 Å². The number of para-hydroxylation sites is 1. The van der Waals surface area contributed by atoms with Crippen LogP contribution in [-0.4, -0.2) is 33.7 Å². The van der Waals surface area contributed by atoms with E-state index in [1.165, 1.54) is 18.2 Å². The van der Waals surface area contributed by atoms with Crippen molar-refractivity contribution in [3.8, 4) is 0 Å². The number of hydrogen-bond donors (Lipinski definition) is 1. The molecule has 1 amide bonds. The number of benzene rings is 2. The molecule has 0 aromatic heterocycles. The van der Waals surface area contributed by atoms with Gasteiger partial charge in [-0.15, -0.1) is 0 Å². The van der Waals surface area contributed by atoms with Crippen LogP contribution in [0.5, 0.6) is 0 Å². The second-order valence-electron chi connectivity index (χ2n) is 6.12. The molecule has 0 radical (unpaired) electrons. The van der Waals surface area contributed by atoms with Crippen molar-refractivity contribution in [2.45, 2.75) is 17.7 Å². The van der Waals surface area contributed by atoms with Crippen LogP contribution < -0.4 is 10.2 Å². The van der Waals surface area contributed by atoms with E-state index >= 15 is 0 Å². The van der Waals surface area contributed by atoms with Gasteiger partial charge >= 0.3 is 0 Å². The quantitative estimate of drug-likeness (QED) is 0.908. The predicted molar refractivity (Wildman–Crippen MR) is 95.1 cm³/mol. The van der Waals surface area contributed by atoms with Gasteiger partial charge in [-0.1, -0.05) is 18.2 Å². The second-order valence-corrected chi connectivity index (χ2v) is 8.14. The van der Waals surface area contributed by atoms with Gasteiger partial charge in [-0.25, -0.2) is 12.8 Å². The molecule has 5 nitrogen and oxygen atoms in total. The highest BCUT2D eigenvalue weighted by Crippen LogP contribution is 2.29. The van der Waals surface area contributed by atoms with Crippen molar-refractivity contribution in [1.29, 1.82) is 0 Å². The first-order chi connectivity index (χ1) is 11.8. The first-order valence-corrected chi connectivity index (χ1v) is 9.86. The van der Waals surface area contributed by atoms with E-state index in [0.29, 0.717) is 17.9 Å². The summed E-state index contributed by atoms with van der Waals surface area (Å²) in [6.07, 6.45) is 2.76. The van der Waals surface area contributed by atoms with Gasteiger partial charge in [0.25, 0.3) is 0 Å². The Balaban J connectivity index is 1.75. The number of nitrogens with zero attached hydrogens (tertiary/aromatic N) is 1. The van der Waals surface area contributed by atoms with Gasteiger partial charge in [0.2, 0.25) is 5.91 Å². The molecule has 1 heterocycles. The van der Waals surface area contributed by atoms with E-state index in [1.54, 1.807) is 23.1 Å². The lowest BCUT2D eigenvalue weighted by Crippen LogP contribution is -2.37. The third-order valence-electron chi connectivity index (χ3n) is 4.14. The van der Waals surface area contributed by atoms with Gasteiger partial charge in [0.15, 0.2) is 9.84 Å². The first kappa shape index (κ1) is 17.4. The Labute approximate surface area is 146 Å². The molecule has 1 aliphatic heterocycles.